The van der Waals surface area contributed by atoms with Crippen molar-refractivity contribution in [3.63, 3.8) is 0 Å². The Labute approximate surface area is 100 Å². The van der Waals surface area contributed by atoms with Gasteiger partial charge in [-0.15, -0.1) is 0 Å². The molecule has 0 radical (unpaired) electrons. The lowest BCUT2D eigenvalue weighted by atomic mass is 9.98. The van der Waals surface area contributed by atoms with Crippen molar-refractivity contribution in [1.29, 1.82) is 0 Å². The first-order valence-corrected chi connectivity index (χ1v) is 6.05. The molecule has 2 rings (SSSR count). The number of likely N-dealkylation sites (tertiary alicyclic amines) is 1. The van der Waals surface area contributed by atoms with Gasteiger partial charge < -0.3 is 5.73 Å². The van der Waals surface area contributed by atoms with E-state index in [1.807, 2.05) is 0 Å². The van der Waals surface area contributed by atoms with Gasteiger partial charge in [0.25, 0.3) is 0 Å². The van der Waals surface area contributed by atoms with Crippen LogP contribution in [0.1, 0.15) is 18.4 Å². The molecule has 1 aliphatic rings. The van der Waals surface area contributed by atoms with E-state index in [9.17, 15) is 8.78 Å². The first kappa shape index (κ1) is 12.5. The van der Waals surface area contributed by atoms with Crippen LogP contribution in [0.25, 0.3) is 0 Å². The molecule has 17 heavy (non-hydrogen) atoms. The average Bonchev–Trinajstić information content (AvgIpc) is 2.34. The highest BCUT2D eigenvalue weighted by molar-refractivity contribution is 5.17. The first-order chi connectivity index (χ1) is 8.19. The van der Waals surface area contributed by atoms with Gasteiger partial charge in [-0.05, 0) is 49.5 Å². The topological polar surface area (TPSA) is 29.3 Å². The largest absolute Gasteiger partial charge is 0.330 e. The van der Waals surface area contributed by atoms with Crippen LogP contribution in [0.4, 0.5) is 8.78 Å². The number of nitrogens with two attached hydrogens (primary N) is 1. The summed E-state index contributed by atoms with van der Waals surface area (Å²) in [7, 11) is 0. The zero-order valence-corrected chi connectivity index (χ0v) is 9.83. The predicted molar refractivity (Wildman–Crippen MR) is 63.4 cm³/mol. The fraction of sp³-hybridized carbons (Fsp3) is 0.538. The van der Waals surface area contributed by atoms with Crippen LogP contribution in [0, 0.1) is 17.6 Å². The summed E-state index contributed by atoms with van der Waals surface area (Å²) in [5.74, 6) is -1.02. The third-order valence-electron chi connectivity index (χ3n) is 3.33. The summed E-state index contributed by atoms with van der Waals surface area (Å²) in [6, 6.07) is 4.11. The molecule has 1 fully saturated rings. The molecule has 0 spiro atoms. The zero-order chi connectivity index (χ0) is 12.3. The minimum Gasteiger partial charge on any atom is -0.330 e. The minimum absolute atomic E-state index is 0.536. The Hall–Kier alpha value is -1.00. The number of piperidine rings is 1. The second kappa shape index (κ2) is 5.56. The van der Waals surface area contributed by atoms with Gasteiger partial charge in [0.2, 0.25) is 0 Å². The molecule has 0 unspecified atom stereocenters. The van der Waals surface area contributed by atoms with Gasteiger partial charge in [0.15, 0.2) is 11.6 Å². The third kappa shape index (κ3) is 3.23. The van der Waals surface area contributed by atoms with Gasteiger partial charge in [-0.2, -0.15) is 0 Å². The normalized spacial score (nSPS) is 21.7. The van der Waals surface area contributed by atoms with Gasteiger partial charge in [0.1, 0.15) is 0 Å². The number of hydrogen-bond acceptors (Lipinski definition) is 2. The molecular formula is C13H18F2N2. The molecular weight excluding hydrogens is 222 g/mol. The Morgan fingerprint density at radius 3 is 2.82 bits per heavy atom. The van der Waals surface area contributed by atoms with E-state index in [1.165, 1.54) is 18.6 Å². The lowest BCUT2D eigenvalue weighted by Crippen LogP contribution is -2.37. The third-order valence-corrected chi connectivity index (χ3v) is 3.33. The highest BCUT2D eigenvalue weighted by Crippen LogP contribution is 2.18. The molecule has 0 aromatic heterocycles. The van der Waals surface area contributed by atoms with Gasteiger partial charge >= 0.3 is 0 Å². The Kier molecular flexibility index (Phi) is 4.07. The van der Waals surface area contributed by atoms with E-state index in [0.29, 0.717) is 19.0 Å². The second-order valence-corrected chi connectivity index (χ2v) is 4.73. The molecule has 2 N–H and O–H groups in total. The molecule has 2 nitrogen and oxygen atoms in total. The molecule has 1 aliphatic heterocycles. The van der Waals surface area contributed by atoms with Gasteiger partial charge in [0, 0.05) is 13.1 Å². The average molecular weight is 240 g/mol. The van der Waals surface area contributed by atoms with E-state index in [2.05, 4.69) is 4.90 Å². The molecule has 0 saturated carbocycles. The Morgan fingerprint density at radius 1 is 1.29 bits per heavy atom. The quantitative estimate of drug-likeness (QED) is 0.877. The van der Waals surface area contributed by atoms with E-state index in [-0.39, 0.29) is 0 Å². The lowest BCUT2D eigenvalue weighted by Gasteiger charge is -2.32. The van der Waals surface area contributed by atoms with Crippen molar-refractivity contribution in [2.75, 3.05) is 19.6 Å². The number of benzene rings is 1. The SMILES string of the molecule is NC[C@@H]1CCCN(Cc2ccc(F)c(F)c2)C1. The maximum Gasteiger partial charge on any atom is 0.159 e. The van der Waals surface area contributed by atoms with Crippen LogP contribution in [0.2, 0.25) is 0 Å². The van der Waals surface area contributed by atoms with Crippen LogP contribution in [0.5, 0.6) is 0 Å². The molecule has 4 heteroatoms. The van der Waals surface area contributed by atoms with Crippen LogP contribution in [0.15, 0.2) is 18.2 Å². The Morgan fingerprint density at radius 2 is 2.12 bits per heavy atom. The van der Waals surface area contributed by atoms with Crippen molar-refractivity contribution in [3.8, 4) is 0 Å². The van der Waals surface area contributed by atoms with Crippen LogP contribution >= 0.6 is 0 Å². The summed E-state index contributed by atoms with van der Waals surface area (Å²) in [5.41, 5.74) is 6.49. The highest BCUT2D eigenvalue weighted by atomic mass is 19.2. The molecule has 94 valence electrons. The van der Waals surface area contributed by atoms with Crippen LogP contribution < -0.4 is 5.73 Å². The van der Waals surface area contributed by atoms with Crippen LogP contribution in [-0.2, 0) is 6.54 Å². The van der Waals surface area contributed by atoms with Crippen LogP contribution in [-0.4, -0.2) is 24.5 Å². The van der Waals surface area contributed by atoms with Crippen molar-refractivity contribution in [1.82, 2.24) is 4.90 Å². The maximum absolute atomic E-state index is 13.1. The van der Waals surface area contributed by atoms with Crippen molar-refractivity contribution in [3.05, 3.63) is 35.4 Å². The molecule has 1 aromatic carbocycles. The Bertz CT molecular complexity index is 382. The van der Waals surface area contributed by atoms with Gasteiger partial charge in [-0.25, -0.2) is 8.78 Å². The second-order valence-electron chi connectivity index (χ2n) is 4.73. The fourth-order valence-electron chi connectivity index (χ4n) is 2.38. The molecule has 1 heterocycles. The molecule has 1 saturated heterocycles. The zero-order valence-electron chi connectivity index (χ0n) is 9.83. The van der Waals surface area contributed by atoms with Crippen molar-refractivity contribution in [2.24, 2.45) is 11.7 Å². The van der Waals surface area contributed by atoms with Crippen molar-refractivity contribution >= 4 is 0 Å². The molecule has 0 bridgehead atoms. The van der Waals surface area contributed by atoms with E-state index in [0.717, 1.165) is 25.1 Å². The van der Waals surface area contributed by atoms with E-state index in [1.54, 1.807) is 6.07 Å². The molecule has 0 aliphatic carbocycles. The summed E-state index contributed by atoms with van der Waals surface area (Å²) in [6.07, 6.45) is 2.30. The summed E-state index contributed by atoms with van der Waals surface area (Å²) >= 11 is 0. The molecule has 0 amide bonds. The van der Waals surface area contributed by atoms with Crippen molar-refractivity contribution < 1.29 is 8.78 Å². The number of rotatable bonds is 3. The minimum atomic E-state index is -0.785. The van der Waals surface area contributed by atoms with Gasteiger partial charge in [-0.1, -0.05) is 6.07 Å². The van der Waals surface area contributed by atoms with Gasteiger partial charge in [0.05, 0.1) is 0 Å². The maximum atomic E-state index is 13.1. The molecule has 1 aromatic rings. The lowest BCUT2D eigenvalue weighted by molar-refractivity contribution is 0.171. The first-order valence-electron chi connectivity index (χ1n) is 6.05. The Balaban J connectivity index is 1.97. The monoisotopic (exact) mass is 240 g/mol. The van der Waals surface area contributed by atoms with Gasteiger partial charge in [-0.3, -0.25) is 4.90 Å². The summed E-state index contributed by atoms with van der Waals surface area (Å²) < 4.78 is 25.9. The number of hydrogen-bond donors (Lipinski definition) is 1. The van der Waals surface area contributed by atoms with E-state index < -0.39 is 11.6 Å². The predicted octanol–water partition coefficient (Wildman–Crippen LogP) is 2.14. The highest BCUT2D eigenvalue weighted by Gasteiger charge is 2.18. The number of nitrogens with zero attached hydrogens (tertiary/aromatic N) is 1. The summed E-state index contributed by atoms with van der Waals surface area (Å²) in [6.45, 7) is 3.34. The van der Waals surface area contributed by atoms with Crippen molar-refractivity contribution in [2.45, 2.75) is 19.4 Å². The van der Waals surface area contributed by atoms with E-state index in [4.69, 9.17) is 5.73 Å². The smallest absolute Gasteiger partial charge is 0.159 e. The summed E-state index contributed by atoms with van der Waals surface area (Å²) in [4.78, 5) is 2.26. The fourth-order valence-corrected chi connectivity index (χ4v) is 2.38. The number of halogens is 2. The summed E-state index contributed by atoms with van der Waals surface area (Å²) in [5, 5.41) is 0. The van der Waals surface area contributed by atoms with Crippen LogP contribution in [0.3, 0.4) is 0 Å². The van der Waals surface area contributed by atoms with E-state index >= 15 is 0 Å². The molecule has 1 atom stereocenters. The standard InChI is InChI=1S/C13H18F2N2/c14-12-4-3-10(6-13(12)15)8-17-5-1-2-11(7-16)9-17/h3-4,6,11H,1-2,5,7-9,16H2/t11-/m0/s1.